The average Bonchev–Trinajstić information content (AvgIpc) is 2.94. The number of Topliss-reactive ketones (excluding diaryl/α,β-unsaturated/α-hetero) is 1. The van der Waals surface area contributed by atoms with E-state index in [2.05, 4.69) is 0 Å². The van der Waals surface area contributed by atoms with Gasteiger partial charge in [0.25, 0.3) is 5.69 Å². The second-order valence-electron chi connectivity index (χ2n) is 6.61. The van der Waals surface area contributed by atoms with Crippen LogP contribution in [-0.4, -0.2) is 41.6 Å². The zero-order valence-corrected chi connectivity index (χ0v) is 16.4. The van der Waals surface area contributed by atoms with Gasteiger partial charge in [-0.15, -0.1) is 0 Å². The van der Waals surface area contributed by atoms with Crippen molar-refractivity contribution in [1.29, 1.82) is 0 Å². The minimum atomic E-state index is -0.691. The monoisotopic (exact) mass is 388 g/mol. The number of benzene rings is 1. The van der Waals surface area contributed by atoms with E-state index in [0.29, 0.717) is 12.2 Å². The summed E-state index contributed by atoms with van der Waals surface area (Å²) in [6.45, 7) is 5.82. The van der Waals surface area contributed by atoms with Crippen LogP contribution < -0.4 is 0 Å². The third-order valence-electron chi connectivity index (χ3n) is 4.52. The average molecular weight is 388 g/mol. The van der Waals surface area contributed by atoms with Gasteiger partial charge in [-0.1, -0.05) is 18.2 Å². The summed E-state index contributed by atoms with van der Waals surface area (Å²) >= 11 is 0. The number of hydrogen-bond donors (Lipinski definition) is 0. The van der Waals surface area contributed by atoms with E-state index in [0.717, 1.165) is 11.4 Å². The maximum absolute atomic E-state index is 12.5. The molecule has 0 N–H and O–H groups in total. The molecule has 8 nitrogen and oxygen atoms in total. The van der Waals surface area contributed by atoms with Crippen LogP contribution in [0.3, 0.4) is 0 Å². The molecule has 0 saturated heterocycles. The van der Waals surface area contributed by atoms with E-state index in [9.17, 15) is 19.7 Å². The highest BCUT2D eigenvalue weighted by atomic mass is 16.6. The Morgan fingerprint density at radius 1 is 1.25 bits per heavy atom. The number of nitrogens with zero attached hydrogens (tertiary/aromatic N) is 2. The summed E-state index contributed by atoms with van der Waals surface area (Å²) in [6.07, 6.45) is -0.270. The molecule has 8 heteroatoms. The van der Waals surface area contributed by atoms with Gasteiger partial charge in [0, 0.05) is 35.7 Å². The summed E-state index contributed by atoms with van der Waals surface area (Å²) in [5, 5.41) is 11.0. The van der Waals surface area contributed by atoms with E-state index in [1.165, 1.54) is 18.2 Å². The fourth-order valence-electron chi connectivity index (χ4n) is 3.32. The normalized spacial score (nSPS) is 11.9. The van der Waals surface area contributed by atoms with Gasteiger partial charge in [0.15, 0.2) is 6.61 Å². The molecule has 1 atom stereocenters. The van der Waals surface area contributed by atoms with E-state index in [1.54, 1.807) is 19.2 Å². The molecule has 28 heavy (non-hydrogen) atoms. The number of aromatic nitrogens is 1. The van der Waals surface area contributed by atoms with Gasteiger partial charge in [-0.3, -0.25) is 19.7 Å². The Morgan fingerprint density at radius 2 is 1.93 bits per heavy atom. The van der Waals surface area contributed by atoms with E-state index >= 15 is 0 Å². The molecule has 2 rings (SSSR count). The highest BCUT2D eigenvalue weighted by Crippen LogP contribution is 2.22. The van der Waals surface area contributed by atoms with E-state index < -0.39 is 17.5 Å². The van der Waals surface area contributed by atoms with Gasteiger partial charge < -0.3 is 14.0 Å². The predicted octanol–water partition coefficient (Wildman–Crippen LogP) is 3.19. The number of hydrogen-bond acceptors (Lipinski definition) is 6. The van der Waals surface area contributed by atoms with Crippen LogP contribution in [0, 0.1) is 24.0 Å². The quantitative estimate of drug-likeness (QED) is 0.283. The summed E-state index contributed by atoms with van der Waals surface area (Å²) in [7, 11) is 1.62. The topological polar surface area (TPSA) is 101 Å². The number of aryl methyl sites for hydroxylation is 1. The lowest BCUT2D eigenvalue weighted by molar-refractivity contribution is -0.385. The highest BCUT2D eigenvalue weighted by molar-refractivity contribution is 5.99. The molecule has 2 aromatic rings. The molecule has 0 amide bonds. The van der Waals surface area contributed by atoms with Crippen molar-refractivity contribution in [2.45, 2.75) is 33.2 Å². The Hall–Kier alpha value is -3.00. The van der Waals surface area contributed by atoms with Crippen molar-refractivity contribution in [2.24, 2.45) is 0 Å². The number of carbonyl (C=O) groups excluding carboxylic acids is 2. The second-order valence-corrected chi connectivity index (χ2v) is 6.61. The van der Waals surface area contributed by atoms with Crippen molar-refractivity contribution in [3.05, 3.63) is 63.0 Å². The van der Waals surface area contributed by atoms with Gasteiger partial charge in [0.1, 0.15) is 0 Å². The molecule has 0 bridgehead atoms. The van der Waals surface area contributed by atoms with Gasteiger partial charge >= 0.3 is 5.97 Å². The smallest absolute Gasteiger partial charge is 0.310 e. The van der Waals surface area contributed by atoms with Crippen LogP contribution in [0.2, 0.25) is 0 Å². The van der Waals surface area contributed by atoms with E-state index in [4.69, 9.17) is 9.47 Å². The molecule has 0 radical (unpaired) electrons. The first-order valence-corrected chi connectivity index (χ1v) is 8.84. The van der Waals surface area contributed by atoms with Gasteiger partial charge in [0.2, 0.25) is 5.78 Å². The van der Waals surface area contributed by atoms with Crippen LogP contribution in [0.5, 0.6) is 0 Å². The minimum absolute atomic E-state index is 0.0627. The molecular formula is C20H24N2O6. The third-order valence-corrected chi connectivity index (χ3v) is 4.52. The molecule has 1 aromatic carbocycles. The maximum atomic E-state index is 12.5. The lowest BCUT2D eigenvalue weighted by Crippen LogP contribution is -2.18. The molecule has 150 valence electrons. The van der Waals surface area contributed by atoms with Crippen molar-refractivity contribution in [3.8, 4) is 0 Å². The van der Waals surface area contributed by atoms with Gasteiger partial charge in [0.05, 0.1) is 24.0 Å². The van der Waals surface area contributed by atoms with E-state index in [1.807, 2.05) is 25.3 Å². The van der Waals surface area contributed by atoms with Crippen molar-refractivity contribution < 1.29 is 24.0 Å². The number of rotatable bonds is 9. The highest BCUT2D eigenvalue weighted by Gasteiger charge is 2.21. The van der Waals surface area contributed by atoms with E-state index in [-0.39, 0.29) is 29.5 Å². The minimum Gasteiger partial charge on any atom is -0.457 e. The Balaban J connectivity index is 2.04. The first-order valence-electron chi connectivity index (χ1n) is 8.84. The van der Waals surface area contributed by atoms with Gasteiger partial charge in [-0.25, -0.2) is 0 Å². The van der Waals surface area contributed by atoms with Gasteiger partial charge in [-0.2, -0.15) is 0 Å². The molecule has 1 unspecified atom stereocenters. The van der Waals surface area contributed by atoms with Crippen LogP contribution in [0.25, 0.3) is 0 Å². The summed E-state index contributed by atoms with van der Waals surface area (Å²) in [6, 6.07) is 7.77. The molecule has 0 saturated carbocycles. The fraction of sp³-hybridized carbons (Fsp3) is 0.400. The number of para-hydroxylation sites is 1. The maximum Gasteiger partial charge on any atom is 0.310 e. The van der Waals surface area contributed by atoms with Crippen molar-refractivity contribution in [2.75, 3.05) is 20.3 Å². The predicted molar refractivity (Wildman–Crippen MR) is 103 cm³/mol. The lowest BCUT2D eigenvalue weighted by atomic mass is 10.1. The number of methoxy groups -OCH3 is 1. The Bertz CT molecular complexity index is 887. The number of nitro groups is 1. The fourth-order valence-corrected chi connectivity index (χ4v) is 3.32. The molecule has 0 spiro atoms. The van der Waals surface area contributed by atoms with Crippen molar-refractivity contribution in [1.82, 2.24) is 4.57 Å². The first kappa shape index (κ1) is 21.3. The number of ketones is 1. The van der Waals surface area contributed by atoms with Crippen molar-refractivity contribution >= 4 is 17.4 Å². The molecular weight excluding hydrogens is 364 g/mol. The Morgan fingerprint density at radius 3 is 2.57 bits per heavy atom. The van der Waals surface area contributed by atoms with Gasteiger partial charge in [-0.05, 0) is 26.8 Å². The largest absolute Gasteiger partial charge is 0.457 e. The summed E-state index contributed by atoms with van der Waals surface area (Å²) in [5.41, 5.74) is 2.27. The Kier molecular flexibility index (Phi) is 7.06. The third kappa shape index (κ3) is 4.83. The second kappa shape index (κ2) is 9.27. The summed E-state index contributed by atoms with van der Waals surface area (Å²) < 4.78 is 12.2. The van der Waals surface area contributed by atoms with Crippen LogP contribution in [0.4, 0.5) is 5.69 Å². The van der Waals surface area contributed by atoms with Crippen LogP contribution in [-0.2, 0) is 20.7 Å². The number of esters is 1. The first-order chi connectivity index (χ1) is 13.3. The molecule has 1 aromatic heterocycles. The molecule has 0 aliphatic carbocycles. The standard InChI is InChI=1S/C20H24N2O6/c1-13-9-17(15(3)21(13)14(2)11-27-4)19(23)12-28-20(24)10-16-7-5-6-8-18(16)22(25)26/h5-9,14H,10-12H2,1-4H3. The lowest BCUT2D eigenvalue weighted by Gasteiger charge is -2.17. The number of carbonyl (C=O) groups is 2. The zero-order chi connectivity index (χ0) is 20.8. The SMILES string of the molecule is COCC(C)n1c(C)cc(C(=O)COC(=O)Cc2ccccc2[N+](=O)[O-])c1C. The van der Waals surface area contributed by atoms with Crippen LogP contribution in [0.1, 0.15) is 40.3 Å². The number of nitro benzene ring substituents is 1. The van der Waals surface area contributed by atoms with Crippen molar-refractivity contribution in [3.63, 3.8) is 0 Å². The Labute approximate surface area is 163 Å². The molecule has 0 aliphatic heterocycles. The van der Waals surface area contributed by atoms with Crippen LogP contribution >= 0.6 is 0 Å². The summed E-state index contributed by atoms with van der Waals surface area (Å²) in [5.74, 6) is -1.01. The molecule has 0 aliphatic rings. The molecule has 0 fully saturated rings. The number of ether oxygens (including phenoxy) is 2. The van der Waals surface area contributed by atoms with Crippen LogP contribution in [0.15, 0.2) is 30.3 Å². The zero-order valence-electron chi connectivity index (χ0n) is 16.4. The molecule has 1 heterocycles. The summed E-state index contributed by atoms with van der Waals surface area (Å²) in [4.78, 5) is 35.0.